The Balaban J connectivity index is 1.74. The average molecular weight is 290 g/mol. The van der Waals surface area contributed by atoms with Crippen LogP contribution in [0.25, 0.3) is 0 Å². The Morgan fingerprint density at radius 1 is 1.33 bits per heavy atom. The van der Waals surface area contributed by atoms with E-state index in [1.165, 1.54) is 0 Å². The molecule has 1 heterocycles. The SMILES string of the molecule is CC(CN(C)C1CCNCC1)C(=O)OCc1ccccc1. The topological polar surface area (TPSA) is 41.6 Å². The normalized spacial score (nSPS) is 17.7. The zero-order chi connectivity index (χ0) is 15.1. The van der Waals surface area contributed by atoms with Gasteiger partial charge in [0.05, 0.1) is 5.92 Å². The Labute approximate surface area is 127 Å². The van der Waals surface area contributed by atoms with E-state index in [9.17, 15) is 4.79 Å². The lowest BCUT2D eigenvalue weighted by molar-refractivity contribution is -0.150. The van der Waals surface area contributed by atoms with E-state index in [1.54, 1.807) is 0 Å². The molecule has 1 fully saturated rings. The van der Waals surface area contributed by atoms with Gasteiger partial charge in [-0.25, -0.2) is 0 Å². The molecule has 2 rings (SSSR count). The lowest BCUT2D eigenvalue weighted by Crippen LogP contribution is -2.43. The maximum atomic E-state index is 12.1. The van der Waals surface area contributed by atoms with E-state index >= 15 is 0 Å². The molecule has 0 amide bonds. The molecule has 4 nitrogen and oxygen atoms in total. The first-order chi connectivity index (χ1) is 10.2. The van der Waals surface area contributed by atoms with Crippen molar-refractivity contribution in [2.24, 2.45) is 5.92 Å². The second kappa shape index (κ2) is 8.15. The van der Waals surface area contributed by atoms with E-state index in [4.69, 9.17) is 4.74 Å². The van der Waals surface area contributed by atoms with Gasteiger partial charge in [-0.05, 0) is 38.5 Å². The number of rotatable bonds is 6. The van der Waals surface area contributed by atoms with Gasteiger partial charge >= 0.3 is 5.97 Å². The number of esters is 1. The number of piperidine rings is 1. The molecule has 1 aliphatic heterocycles. The second-order valence-corrected chi connectivity index (χ2v) is 5.92. The number of nitrogens with one attached hydrogen (secondary N) is 1. The number of nitrogens with zero attached hydrogens (tertiary/aromatic N) is 1. The maximum Gasteiger partial charge on any atom is 0.310 e. The average Bonchev–Trinajstić information content (AvgIpc) is 2.54. The Hall–Kier alpha value is -1.39. The predicted octanol–water partition coefficient (Wildman–Crippen LogP) is 2.05. The minimum Gasteiger partial charge on any atom is -0.461 e. The summed E-state index contributed by atoms with van der Waals surface area (Å²) in [6.45, 7) is 5.22. The van der Waals surface area contributed by atoms with Crippen LogP contribution in [-0.4, -0.2) is 43.6 Å². The Bertz CT molecular complexity index is 430. The van der Waals surface area contributed by atoms with E-state index in [2.05, 4.69) is 17.3 Å². The third kappa shape index (κ3) is 5.14. The number of ether oxygens (including phenoxy) is 1. The van der Waals surface area contributed by atoms with Crippen LogP contribution in [0.4, 0.5) is 0 Å². The third-order valence-electron chi connectivity index (χ3n) is 4.12. The van der Waals surface area contributed by atoms with E-state index in [0.717, 1.165) is 38.0 Å². The van der Waals surface area contributed by atoms with Crippen LogP contribution in [-0.2, 0) is 16.1 Å². The zero-order valence-electron chi connectivity index (χ0n) is 13.0. The van der Waals surface area contributed by atoms with Crippen molar-refractivity contribution in [2.75, 3.05) is 26.7 Å². The van der Waals surface area contributed by atoms with Crippen molar-refractivity contribution in [1.29, 1.82) is 0 Å². The molecule has 116 valence electrons. The molecule has 1 aromatic rings. The van der Waals surface area contributed by atoms with Gasteiger partial charge in [-0.15, -0.1) is 0 Å². The molecule has 1 aliphatic rings. The van der Waals surface area contributed by atoms with Crippen molar-refractivity contribution in [3.63, 3.8) is 0 Å². The molecular formula is C17H26N2O2. The van der Waals surface area contributed by atoms with Crippen molar-refractivity contribution in [3.05, 3.63) is 35.9 Å². The van der Waals surface area contributed by atoms with Gasteiger partial charge < -0.3 is 15.0 Å². The largest absolute Gasteiger partial charge is 0.461 e. The van der Waals surface area contributed by atoms with Crippen molar-refractivity contribution >= 4 is 5.97 Å². The molecule has 1 atom stereocenters. The van der Waals surface area contributed by atoms with Crippen LogP contribution >= 0.6 is 0 Å². The van der Waals surface area contributed by atoms with Gasteiger partial charge in [0, 0.05) is 12.6 Å². The highest BCUT2D eigenvalue weighted by molar-refractivity contribution is 5.72. The first-order valence-corrected chi connectivity index (χ1v) is 7.78. The Morgan fingerprint density at radius 2 is 2.00 bits per heavy atom. The van der Waals surface area contributed by atoms with Crippen molar-refractivity contribution in [2.45, 2.75) is 32.4 Å². The fourth-order valence-electron chi connectivity index (χ4n) is 2.77. The van der Waals surface area contributed by atoms with Gasteiger partial charge in [-0.3, -0.25) is 4.79 Å². The van der Waals surface area contributed by atoms with Crippen LogP contribution in [0.3, 0.4) is 0 Å². The molecule has 0 aliphatic carbocycles. The summed E-state index contributed by atoms with van der Waals surface area (Å²) in [7, 11) is 2.11. The molecule has 0 bridgehead atoms. The highest BCUT2D eigenvalue weighted by Crippen LogP contribution is 2.13. The monoisotopic (exact) mass is 290 g/mol. The van der Waals surface area contributed by atoms with Gasteiger partial charge in [-0.1, -0.05) is 37.3 Å². The number of benzene rings is 1. The van der Waals surface area contributed by atoms with Gasteiger partial charge in [0.25, 0.3) is 0 Å². The number of carbonyl (C=O) groups excluding carboxylic acids is 1. The molecule has 0 saturated carbocycles. The van der Waals surface area contributed by atoms with Crippen molar-refractivity contribution in [3.8, 4) is 0 Å². The molecule has 4 heteroatoms. The molecule has 21 heavy (non-hydrogen) atoms. The molecule has 0 radical (unpaired) electrons. The van der Waals surface area contributed by atoms with Crippen LogP contribution < -0.4 is 5.32 Å². The lowest BCUT2D eigenvalue weighted by atomic mass is 10.0. The summed E-state index contributed by atoms with van der Waals surface area (Å²) in [4.78, 5) is 14.4. The Kier molecular flexibility index (Phi) is 6.21. The summed E-state index contributed by atoms with van der Waals surface area (Å²) in [5.41, 5.74) is 1.03. The summed E-state index contributed by atoms with van der Waals surface area (Å²) in [5, 5.41) is 3.37. The van der Waals surface area contributed by atoms with E-state index in [1.807, 2.05) is 37.3 Å². The number of carbonyl (C=O) groups is 1. The van der Waals surface area contributed by atoms with Gasteiger partial charge in [0.2, 0.25) is 0 Å². The smallest absolute Gasteiger partial charge is 0.310 e. The zero-order valence-corrected chi connectivity index (χ0v) is 13.0. The number of hydrogen-bond donors (Lipinski definition) is 1. The number of hydrogen-bond acceptors (Lipinski definition) is 4. The summed E-state index contributed by atoms with van der Waals surface area (Å²) in [5.74, 6) is -0.201. The standard InChI is InChI=1S/C17H26N2O2/c1-14(12-19(2)16-8-10-18-11-9-16)17(20)21-13-15-6-4-3-5-7-15/h3-7,14,16,18H,8-13H2,1-2H3. The minimum absolute atomic E-state index is 0.0893. The van der Waals surface area contributed by atoms with Crippen molar-refractivity contribution in [1.82, 2.24) is 10.2 Å². The van der Waals surface area contributed by atoms with Gasteiger partial charge in [-0.2, -0.15) is 0 Å². The van der Waals surface area contributed by atoms with Gasteiger partial charge in [0.15, 0.2) is 0 Å². The van der Waals surface area contributed by atoms with Gasteiger partial charge in [0.1, 0.15) is 6.61 Å². The molecular weight excluding hydrogens is 264 g/mol. The quantitative estimate of drug-likeness (QED) is 0.814. The summed E-state index contributed by atoms with van der Waals surface area (Å²) in [6.07, 6.45) is 2.31. The van der Waals surface area contributed by atoms with Crippen LogP contribution in [0.15, 0.2) is 30.3 Å². The summed E-state index contributed by atoms with van der Waals surface area (Å²) in [6, 6.07) is 10.4. The van der Waals surface area contributed by atoms with Crippen LogP contribution in [0.2, 0.25) is 0 Å². The van der Waals surface area contributed by atoms with E-state index in [0.29, 0.717) is 12.6 Å². The lowest BCUT2D eigenvalue weighted by Gasteiger charge is -2.32. The Morgan fingerprint density at radius 3 is 2.67 bits per heavy atom. The molecule has 0 aromatic heterocycles. The van der Waals surface area contributed by atoms with E-state index in [-0.39, 0.29) is 11.9 Å². The first-order valence-electron chi connectivity index (χ1n) is 7.78. The van der Waals surface area contributed by atoms with Crippen LogP contribution in [0.5, 0.6) is 0 Å². The molecule has 0 spiro atoms. The highest BCUT2D eigenvalue weighted by Gasteiger charge is 2.22. The van der Waals surface area contributed by atoms with Crippen LogP contribution in [0.1, 0.15) is 25.3 Å². The molecule has 1 unspecified atom stereocenters. The fraction of sp³-hybridized carbons (Fsp3) is 0.588. The molecule has 1 aromatic carbocycles. The van der Waals surface area contributed by atoms with Crippen LogP contribution in [0, 0.1) is 5.92 Å². The third-order valence-corrected chi connectivity index (χ3v) is 4.12. The second-order valence-electron chi connectivity index (χ2n) is 5.92. The predicted molar refractivity (Wildman–Crippen MR) is 83.9 cm³/mol. The van der Waals surface area contributed by atoms with Crippen molar-refractivity contribution < 1.29 is 9.53 Å². The molecule has 1 N–H and O–H groups in total. The summed E-state index contributed by atoms with van der Waals surface area (Å²) < 4.78 is 5.40. The minimum atomic E-state index is -0.111. The first kappa shape index (κ1) is 16.0. The molecule has 1 saturated heterocycles. The summed E-state index contributed by atoms with van der Waals surface area (Å²) >= 11 is 0. The fourth-order valence-corrected chi connectivity index (χ4v) is 2.77. The van der Waals surface area contributed by atoms with E-state index < -0.39 is 0 Å². The highest BCUT2D eigenvalue weighted by atomic mass is 16.5. The maximum absolute atomic E-state index is 12.1.